The number of nitrogens with two attached hydrogens (primary N) is 1. The van der Waals surface area contributed by atoms with Crippen molar-refractivity contribution in [3.8, 4) is 11.1 Å². The summed E-state index contributed by atoms with van der Waals surface area (Å²) in [7, 11) is 0. The van der Waals surface area contributed by atoms with E-state index in [0.29, 0.717) is 10.6 Å². The zero-order valence-corrected chi connectivity index (χ0v) is 17.4. The zero-order chi connectivity index (χ0) is 21.6. The molecule has 0 aliphatic carbocycles. The van der Waals surface area contributed by atoms with E-state index in [1.54, 1.807) is 29.7 Å². The predicted molar refractivity (Wildman–Crippen MR) is 122 cm³/mol. The summed E-state index contributed by atoms with van der Waals surface area (Å²) in [6.07, 6.45) is 1.82. The molecule has 4 N–H and O–H groups in total. The molecule has 2 unspecified atom stereocenters. The number of carbonyl (C=O) groups is 1. The molecule has 154 valence electrons. The van der Waals surface area contributed by atoms with E-state index in [0.717, 1.165) is 16.7 Å². The van der Waals surface area contributed by atoms with Crippen LogP contribution in [0.5, 0.6) is 0 Å². The van der Waals surface area contributed by atoms with E-state index in [1.165, 1.54) is 6.92 Å². The van der Waals surface area contributed by atoms with Gasteiger partial charge in [-0.2, -0.15) is 0 Å². The van der Waals surface area contributed by atoms with Gasteiger partial charge in [0.15, 0.2) is 4.90 Å². The number of hydrogen-bond acceptors (Lipinski definition) is 4. The molecule has 3 aromatic carbocycles. The average Bonchev–Trinajstić information content (AvgIpc) is 2.79. The molecule has 5 nitrogen and oxygen atoms in total. The van der Waals surface area contributed by atoms with Crippen molar-refractivity contribution in [2.24, 2.45) is 5.73 Å². The molecule has 0 fully saturated rings. The number of amides is 1. The molecule has 0 saturated heterocycles. The number of carbonyl (C=O) groups excluding carboxylic acids is 1. The van der Waals surface area contributed by atoms with Gasteiger partial charge in [0.2, 0.25) is 5.91 Å². The molecule has 0 spiro atoms. The maximum absolute atomic E-state index is 12.5. The minimum atomic E-state index is -1.36. The molecule has 3 aromatic rings. The van der Waals surface area contributed by atoms with Gasteiger partial charge in [0.25, 0.3) is 0 Å². The lowest BCUT2D eigenvalue weighted by atomic mass is 10.0. The fourth-order valence-corrected chi connectivity index (χ4v) is 3.50. The summed E-state index contributed by atoms with van der Waals surface area (Å²) in [5.41, 5.74) is 8.10. The van der Waals surface area contributed by atoms with Gasteiger partial charge >= 0.3 is 0 Å². The second kappa shape index (κ2) is 9.73. The molecule has 30 heavy (non-hydrogen) atoms. The van der Waals surface area contributed by atoms with Crippen LogP contribution in [0.25, 0.3) is 17.2 Å². The molecule has 0 radical (unpaired) electrons. The highest BCUT2D eigenvalue weighted by molar-refractivity contribution is 7.94. The van der Waals surface area contributed by atoms with Gasteiger partial charge in [-0.1, -0.05) is 54.6 Å². The Labute approximate surface area is 179 Å². The van der Waals surface area contributed by atoms with Crippen molar-refractivity contribution in [1.29, 1.82) is 0 Å². The van der Waals surface area contributed by atoms with Crippen LogP contribution in [-0.2, 0) is 16.0 Å². The van der Waals surface area contributed by atoms with Gasteiger partial charge in [-0.3, -0.25) is 4.79 Å². The molecular weight excluding hydrogens is 396 g/mol. The first-order chi connectivity index (χ1) is 14.4. The van der Waals surface area contributed by atoms with E-state index in [9.17, 15) is 9.35 Å². The van der Waals surface area contributed by atoms with Gasteiger partial charge in [0, 0.05) is 16.9 Å². The zero-order valence-electron chi connectivity index (χ0n) is 16.6. The summed E-state index contributed by atoms with van der Waals surface area (Å²) in [5, 5.41) is 13.4. The van der Waals surface area contributed by atoms with Crippen molar-refractivity contribution in [3.05, 3.63) is 89.8 Å². The standard InChI is InChI=1S/C24H24N2O3S/c1-24(25,17-27)23(28)26-21-11-13-22(14-12-21)30(29)16-15-18-7-9-20(10-8-18)19-5-3-2-4-6-19/h2-16,27H,17,25H2,1H3,(H,26,28). The van der Waals surface area contributed by atoms with Crippen molar-refractivity contribution >= 4 is 28.8 Å². The minimum Gasteiger partial charge on any atom is -0.607 e. The van der Waals surface area contributed by atoms with Crippen LogP contribution in [0.1, 0.15) is 12.5 Å². The van der Waals surface area contributed by atoms with E-state index >= 15 is 0 Å². The molecule has 0 heterocycles. The Bertz CT molecular complexity index is 1000. The third-order valence-corrected chi connectivity index (χ3v) is 5.71. The quantitative estimate of drug-likeness (QED) is 0.507. The third kappa shape index (κ3) is 5.58. The predicted octanol–water partition coefficient (Wildman–Crippen LogP) is 3.78. The molecule has 0 aliphatic heterocycles. The summed E-state index contributed by atoms with van der Waals surface area (Å²) >= 11 is -1.32. The highest BCUT2D eigenvalue weighted by Crippen LogP contribution is 2.21. The summed E-state index contributed by atoms with van der Waals surface area (Å²) in [4.78, 5) is 12.6. The normalized spacial score (nSPS) is 14.3. The maximum Gasteiger partial charge on any atom is 0.246 e. The fourth-order valence-electron chi connectivity index (χ4n) is 2.65. The number of nitrogens with one attached hydrogen (secondary N) is 1. The molecule has 1 amide bonds. The van der Waals surface area contributed by atoms with E-state index in [1.807, 2.05) is 48.5 Å². The van der Waals surface area contributed by atoms with E-state index in [4.69, 9.17) is 10.8 Å². The minimum absolute atomic E-state index is 0.460. The Kier molecular flexibility index (Phi) is 7.07. The summed E-state index contributed by atoms with van der Waals surface area (Å²) in [6, 6.07) is 24.8. The smallest absolute Gasteiger partial charge is 0.246 e. The topological polar surface area (TPSA) is 98.4 Å². The van der Waals surface area contributed by atoms with Gasteiger partial charge in [-0.25, -0.2) is 0 Å². The van der Waals surface area contributed by atoms with E-state index in [-0.39, 0.29) is 0 Å². The van der Waals surface area contributed by atoms with Crippen LogP contribution in [-0.4, -0.2) is 27.7 Å². The van der Waals surface area contributed by atoms with E-state index < -0.39 is 29.2 Å². The number of anilines is 1. The molecule has 0 aliphatic rings. The Morgan fingerprint density at radius 3 is 2.23 bits per heavy atom. The van der Waals surface area contributed by atoms with Crippen LogP contribution in [0.4, 0.5) is 5.69 Å². The molecule has 3 rings (SSSR count). The van der Waals surface area contributed by atoms with Crippen LogP contribution in [0, 0.1) is 0 Å². The summed E-state index contributed by atoms with van der Waals surface area (Å²) in [5.74, 6) is -0.488. The first-order valence-electron chi connectivity index (χ1n) is 9.44. The van der Waals surface area contributed by atoms with Crippen molar-refractivity contribution in [1.82, 2.24) is 0 Å². The molecule has 0 aromatic heterocycles. The van der Waals surface area contributed by atoms with Gasteiger partial charge in [0.05, 0.1) is 6.61 Å². The van der Waals surface area contributed by atoms with Crippen LogP contribution < -0.4 is 11.1 Å². The number of rotatable bonds is 7. The lowest BCUT2D eigenvalue weighted by Gasteiger charge is -2.20. The number of aliphatic hydroxyl groups excluding tert-OH is 1. The fraction of sp³-hybridized carbons (Fsp3) is 0.125. The van der Waals surface area contributed by atoms with Crippen LogP contribution in [0.2, 0.25) is 0 Å². The Morgan fingerprint density at radius 1 is 1.03 bits per heavy atom. The van der Waals surface area contributed by atoms with Gasteiger partial charge in [-0.05, 0) is 54.0 Å². The number of aliphatic hydroxyl groups is 1. The highest BCUT2D eigenvalue weighted by Gasteiger charge is 2.27. The number of hydrogen-bond donors (Lipinski definition) is 3. The third-order valence-electron chi connectivity index (χ3n) is 4.59. The van der Waals surface area contributed by atoms with Crippen LogP contribution >= 0.6 is 0 Å². The molecule has 0 bridgehead atoms. The first-order valence-corrected chi connectivity index (χ1v) is 10.7. The van der Waals surface area contributed by atoms with Crippen LogP contribution in [0.3, 0.4) is 0 Å². The van der Waals surface area contributed by atoms with E-state index in [2.05, 4.69) is 17.4 Å². The van der Waals surface area contributed by atoms with Gasteiger partial charge in [-0.15, -0.1) is 0 Å². The maximum atomic E-state index is 12.5. The number of benzene rings is 3. The van der Waals surface area contributed by atoms with Crippen molar-refractivity contribution < 1.29 is 14.5 Å². The lowest BCUT2D eigenvalue weighted by Crippen LogP contribution is -2.51. The monoisotopic (exact) mass is 420 g/mol. The second-order valence-electron chi connectivity index (χ2n) is 7.14. The Hall–Kier alpha value is -2.90. The SMILES string of the molecule is CC(N)(CO)C(=O)Nc1ccc([S+]([O-])C=Cc2ccc(-c3ccccc3)cc2)cc1. The van der Waals surface area contributed by atoms with Crippen molar-refractivity contribution in [3.63, 3.8) is 0 Å². The average molecular weight is 421 g/mol. The highest BCUT2D eigenvalue weighted by atomic mass is 32.2. The lowest BCUT2D eigenvalue weighted by molar-refractivity contribution is -0.121. The van der Waals surface area contributed by atoms with Crippen molar-refractivity contribution in [2.45, 2.75) is 17.4 Å². The molecular formula is C24H24N2O3S. The molecule has 6 heteroatoms. The Morgan fingerprint density at radius 2 is 1.63 bits per heavy atom. The largest absolute Gasteiger partial charge is 0.607 e. The molecule has 2 atom stereocenters. The molecule has 0 saturated carbocycles. The van der Waals surface area contributed by atoms with Crippen LogP contribution in [0.15, 0.2) is 89.2 Å². The Balaban J connectivity index is 1.62. The van der Waals surface area contributed by atoms with Gasteiger partial charge in [0.1, 0.15) is 10.9 Å². The van der Waals surface area contributed by atoms with Gasteiger partial charge < -0.3 is 20.7 Å². The summed E-state index contributed by atoms with van der Waals surface area (Å²) in [6.45, 7) is 0.987. The summed E-state index contributed by atoms with van der Waals surface area (Å²) < 4.78 is 12.5. The van der Waals surface area contributed by atoms with Crippen molar-refractivity contribution in [2.75, 3.05) is 11.9 Å². The first kappa shape index (κ1) is 21.8. The second-order valence-corrected chi connectivity index (χ2v) is 8.48.